The fourth-order valence-corrected chi connectivity index (χ4v) is 4.02. The monoisotopic (exact) mass is 443 g/mol. The summed E-state index contributed by atoms with van der Waals surface area (Å²) in [5.74, 6) is 0.481. The molecule has 170 valence electrons. The summed E-state index contributed by atoms with van der Waals surface area (Å²) < 4.78 is 17.3. The fraction of sp³-hybridized carbons (Fsp3) is 0.250. The number of furan rings is 1. The van der Waals surface area contributed by atoms with Crippen molar-refractivity contribution in [2.75, 3.05) is 6.61 Å². The van der Waals surface area contributed by atoms with Crippen molar-refractivity contribution in [1.82, 2.24) is 0 Å². The van der Waals surface area contributed by atoms with Crippen LogP contribution in [0.3, 0.4) is 0 Å². The summed E-state index contributed by atoms with van der Waals surface area (Å²) in [6.45, 7) is 7.07. The molecule has 1 heterocycles. The molecule has 0 radical (unpaired) electrons. The Morgan fingerprint density at radius 3 is 2.67 bits per heavy atom. The van der Waals surface area contributed by atoms with E-state index >= 15 is 0 Å². The van der Waals surface area contributed by atoms with Gasteiger partial charge in [-0.05, 0) is 72.9 Å². The number of carbonyl (C=O) groups excluding carboxylic acids is 1. The molecule has 0 aliphatic heterocycles. The van der Waals surface area contributed by atoms with Crippen LogP contribution in [-0.2, 0) is 29.1 Å². The van der Waals surface area contributed by atoms with E-state index in [9.17, 15) is 4.79 Å². The zero-order valence-electron chi connectivity index (χ0n) is 19.3. The van der Waals surface area contributed by atoms with Crippen LogP contribution in [0.1, 0.15) is 34.7 Å². The van der Waals surface area contributed by atoms with Gasteiger partial charge in [0, 0.05) is 23.1 Å². The van der Waals surface area contributed by atoms with Crippen molar-refractivity contribution in [2.24, 2.45) is 5.73 Å². The van der Waals surface area contributed by atoms with Crippen molar-refractivity contribution in [3.05, 3.63) is 88.7 Å². The fourth-order valence-electron chi connectivity index (χ4n) is 4.02. The van der Waals surface area contributed by atoms with E-state index in [2.05, 4.69) is 24.3 Å². The molecule has 1 aromatic heterocycles. The lowest BCUT2D eigenvalue weighted by Crippen LogP contribution is -2.10. The molecule has 0 unspecified atom stereocenters. The van der Waals surface area contributed by atoms with E-state index in [0.717, 1.165) is 55.7 Å². The van der Waals surface area contributed by atoms with Crippen molar-refractivity contribution in [3.63, 3.8) is 0 Å². The number of hydrogen-bond donors (Lipinski definition) is 1. The third-order valence-electron chi connectivity index (χ3n) is 5.87. The van der Waals surface area contributed by atoms with Gasteiger partial charge in [0.2, 0.25) is 0 Å². The van der Waals surface area contributed by atoms with E-state index in [0.29, 0.717) is 19.8 Å². The highest BCUT2D eigenvalue weighted by molar-refractivity contribution is 5.93. The number of hydrogen-bond acceptors (Lipinski definition) is 5. The van der Waals surface area contributed by atoms with Crippen LogP contribution < -0.4 is 10.5 Å². The molecule has 0 spiro atoms. The third kappa shape index (κ3) is 4.94. The van der Waals surface area contributed by atoms with E-state index in [1.807, 2.05) is 51.1 Å². The molecule has 2 N–H and O–H groups in total. The molecule has 5 heteroatoms. The lowest BCUT2D eigenvalue weighted by atomic mass is 9.99. The summed E-state index contributed by atoms with van der Waals surface area (Å²) in [6, 6.07) is 18.2. The van der Waals surface area contributed by atoms with E-state index in [1.54, 1.807) is 6.26 Å². The highest BCUT2D eigenvalue weighted by Gasteiger charge is 2.15. The number of aryl methyl sites for hydroxylation is 1. The second-order valence-electron chi connectivity index (χ2n) is 8.15. The summed E-state index contributed by atoms with van der Waals surface area (Å²) in [7, 11) is 0. The van der Waals surface area contributed by atoms with Crippen LogP contribution in [0, 0.1) is 13.8 Å². The van der Waals surface area contributed by atoms with Gasteiger partial charge in [-0.3, -0.25) is 4.79 Å². The second kappa shape index (κ2) is 9.92. The topological polar surface area (TPSA) is 74.7 Å². The first kappa shape index (κ1) is 22.6. The Morgan fingerprint density at radius 2 is 1.88 bits per heavy atom. The van der Waals surface area contributed by atoms with Gasteiger partial charge in [-0.15, -0.1) is 0 Å². The molecule has 33 heavy (non-hydrogen) atoms. The minimum absolute atomic E-state index is 0.183. The highest BCUT2D eigenvalue weighted by atomic mass is 16.5. The largest absolute Gasteiger partial charge is 0.488 e. The van der Waals surface area contributed by atoms with Crippen LogP contribution in [-0.4, -0.2) is 12.6 Å². The average Bonchev–Trinajstić information content (AvgIpc) is 3.29. The lowest BCUT2D eigenvalue weighted by Gasteiger charge is -2.16. The third-order valence-corrected chi connectivity index (χ3v) is 5.87. The van der Waals surface area contributed by atoms with Gasteiger partial charge in [0.15, 0.2) is 0 Å². The zero-order chi connectivity index (χ0) is 23.4. The van der Waals surface area contributed by atoms with Crippen LogP contribution in [0.4, 0.5) is 0 Å². The summed E-state index contributed by atoms with van der Waals surface area (Å²) in [4.78, 5) is 12.1. The number of benzene rings is 3. The maximum Gasteiger partial charge on any atom is 0.310 e. The molecular weight excluding hydrogens is 414 g/mol. The van der Waals surface area contributed by atoms with Crippen LogP contribution in [0.5, 0.6) is 5.75 Å². The number of rotatable bonds is 8. The summed E-state index contributed by atoms with van der Waals surface area (Å²) in [5, 5.41) is 1.01. The van der Waals surface area contributed by atoms with Gasteiger partial charge in [-0.25, -0.2) is 0 Å². The van der Waals surface area contributed by atoms with E-state index < -0.39 is 0 Å². The molecule has 0 saturated carbocycles. The Hall–Kier alpha value is -3.57. The number of ether oxygens (including phenoxy) is 2. The first-order chi connectivity index (χ1) is 16.0. The van der Waals surface area contributed by atoms with E-state index in [-0.39, 0.29) is 12.4 Å². The van der Waals surface area contributed by atoms with Gasteiger partial charge in [-0.2, -0.15) is 0 Å². The van der Waals surface area contributed by atoms with E-state index in [4.69, 9.17) is 19.6 Å². The molecule has 0 aliphatic carbocycles. The number of carbonyl (C=O) groups is 1. The summed E-state index contributed by atoms with van der Waals surface area (Å²) >= 11 is 0. The van der Waals surface area contributed by atoms with Crippen LogP contribution in [0.2, 0.25) is 0 Å². The Balaban J connectivity index is 1.67. The number of fused-ring (bicyclic) bond motifs is 1. The van der Waals surface area contributed by atoms with Crippen LogP contribution in [0.25, 0.3) is 22.1 Å². The van der Waals surface area contributed by atoms with Crippen molar-refractivity contribution in [2.45, 2.75) is 40.3 Å². The lowest BCUT2D eigenvalue weighted by molar-refractivity contribution is -0.142. The molecule has 4 aromatic rings. The zero-order valence-corrected chi connectivity index (χ0v) is 19.3. The number of esters is 1. The molecule has 3 aromatic carbocycles. The minimum Gasteiger partial charge on any atom is -0.488 e. The van der Waals surface area contributed by atoms with Gasteiger partial charge in [0.1, 0.15) is 17.9 Å². The van der Waals surface area contributed by atoms with Gasteiger partial charge in [0.25, 0.3) is 0 Å². The molecule has 0 fully saturated rings. The Labute approximate surface area is 194 Å². The van der Waals surface area contributed by atoms with Gasteiger partial charge < -0.3 is 19.6 Å². The molecular formula is C28H29NO4. The second-order valence-corrected chi connectivity index (χ2v) is 8.15. The Morgan fingerprint density at radius 1 is 1.03 bits per heavy atom. The van der Waals surface area contributed by atoms with Gasteiger partial charge in [0.05, 0.1) is 19.3 Å². The van der Waals surface area contributed by atoms with Crippen molar-refractivity contribution >= 4 is 16.9 Å². The predicted octanol–water partition coefficient (Wildman–Crippen LogP) is 5.86. The summed E-state index contributed by atoms with van der Waals surface area (Å²) in [6.07, 6.45) is 1.88. The normalized spacial score (nSPS) is 11.0. The SMILES string of the molecule is CCOC(=O)Cc1ccc(C)c(C)c1OCc1cc(-c2cccc(CN)c2)c2occc2c1. The maximum atomic E-state index is 12.1. The molecule has 5 nitrogen and oxygen atoms in total. The summed E-state index contributed by atoms with van der Waals surface area (Å²) in [5.41, 5.74) is 13.8. The predicted molar refractivity (Wildman–Crippen MR) is 130 cm³/mol. The Kier molecular flexibility index (Phi) is 6.80. The smallest absolute Gasteiger partial charge is 0.310 e. The first-order valence-electron chi connectivity index (χ1n) is 11.2. The molecule has 0 saturated heterocycles. The van der Waals surface area contributed by atoms with E-state index in [1.165, 1.54) is 0 Å². The molecule has 0 bridgehead atoms. The van der Waals surface area contributed by atoms with Crippen LogP contribution in [0.15, 0.2) is 65.3 Å². The molecule has 0 amide bonds. The van der Waals surface area contributed by atoms with Crippen molar-refractivity contribution in [1.29, 1.82) is 0 Å². The highest BCUT2D eigenvalue weighted by Crippen LogP contribution is 2.33. The minimum atomic E-state index is -0.257. The average molecular weight is 444 g/mol. The van der Waals surface area contributed by atoms with Gasteiger partial charge in [-0.1, -0.05) is 30.3 Å². The van der Waals surface area contributed by atoms with Crippen molar-refractivity contribution in [3.8, 4) is 16.9 Å². The quantitative estimate of drug-likeness (QED) is 0.345. The van der Waals surface area contributed by atoms with Crippen LogP contribution >= 0.6 is 0 Å². The van der Waals surface area contributed by atoms with Crippen molar-refractivity contribution < 1.29 is 18.7 Å². The Bertz CT molecular complexity index is 1290. The van der Waals surface area contributed by atoms with Gasteiger partial charge >= 0.3 is 5.97 Å². The molecule has 0 atom stereocenters. The first-order valence-corrected chi connectivity index (χ1v) is 11.2. The number of nitrogens with two attached hydrogens (primary N) is 1. The molecule has 4 rings (SSSR count). The standard InChI is InChI=1S/C28H29NO4/c1-4-31-26(30)15-23-9-8-18(2)19(3)27(23)33-17-21-13-24-10-11-32-28(24)25(14-21)22-7-5-6-20(12-22)16-29/h5-14H,4,15-17,29H2,1-3H3. The molecule has 0 aliphatic rings. The maximum absolute atomic E-state index is 12.1.